The van der Waals surface area contributed by atoms with Crippen molar-refractivity contribution in [2.24, 2.45) is 17.8 Å². The smallest absolute Gasteiger partial charge is 0.407 e. The molecule has 43 heavy (non-hydrogen) atoms. The molecule has 3 aromatic rings. The van der Waals surface area contributed by atoms with Crippen LogP contribution in [-0.2, 0) is 25.0 Å². The number of alkyl carbamates (subject to hydrolysis) is 1. The van der Waals surface area contributed by atoms with Crippen LogP contribution in [0.2, 0.25) is 0 Å². The SMILES string of the molecule is O=C(O)CP(=O)(OC12CC3CC(CC(C3)C1)C2)C(Cc1ccccc1)NC(=O)OCC1c2ccccc2-c2ccccc21. The molecule has 4 bridgehead atoms. The van der Waals surface area contributed by atoms with Crippen molar-refractivity contribution in [3.05, 3.63) is 95.6 Å². The Kier molecular flexibility index (Phi) is 7.43. The molecule has 4 saturated carbocycles. The van der Waals surface area contributed by atoms with Crippen LogP contribution in [0.15, 0.2) is 78.9 Å². The first-order valence-corrected chi connectivity index (χ1v) is 17.3. The predicted molar refractivity (Wildman–Crippen MR) is 164 cm³/mol. The molecule has 8 heteroatoms. The Morgan fingerprint density at radius 3 is 1.93 bits per heavy atom. The van der Waals surface area contributed by atoms with E-state index in [1.165, 1.54) is 19.3 Å². The van der Waals surface area contributed by atoms with Crippen molar-refractivity contribution in [3.63, 3.8) is 0 Å². The number of ether oxygens (including phenoxy) is 1. The van der Waals surface area contributed by atoms with Gasteiger partial charge in [-0.1, -0.05) is 78.9 Å². The van der Waals surface area contributed by atoms with Crippen LogP contribution in [0, 0.1) is 17.8 Å². The monoisotopic (exact) mass is 599 g/mol. The maximum absolute atomic E-state index is 14.9. The number of carboxylic acid groups (broad SMARTS) is 1. The van der Waals surface area contributed by atoms with Gasteiger partial charge in [0.1, 0.15) is 18.6 Å². The number of hydrogen-bond donors (Lipinski definition) is 2. The molecule has 0 aliphatic heterocycles. The van der Waals surface area contributed by atoms with Crippen molar-refractivity contribution in [1.29, 1.82) is 0 Å². The summed E-state index contributed by atoms with van der Waals surface area (Å²) in [6.07, 6.45) is 4.79. The summed E-state index contributed by atoms with van der Waals surface area (Å²) in [6.45, 7) is 0.108. The van der Waals surface area contributed by atoms with Crippen LogP contribution in [0.3, 0.4) is 0 Å². The average molecular weight is 600 g/mol. The lowest BCUT2D eigenvalue weighted by atomic mass is 9.54. The number of rotatable bonds is 10. The van der Waals surface area contributed by atoms with E-state index in [1.54, 1.807) is 0 Å². The average Bonchev–Trinajstić information content (AvgIpc) is 3.28. The topological polar surface area (TPSA) is 102 Å². The Bertz CT molecular complexity index is 1490. The highest BCUT2D eigenvalue weighted by Gasteiger charge is 2.55. The molecular formula is C35H38NO6P. The number of fused-ring (bicyclic) bond motifs is 3. The summed E-state index contributed by atoms with van der Waals surface area (Å²) in [6, 6.07) is 25.7. The Morgan fingerprint density at radius 1 is 0.837 bits per heavy atom. The van der Waals surface area contributed by atoms with Crippen molar-refractivity contribution in [3.8, 4) is 11.1 Å². The maximum atomic E-state index is 14.9. The van der Waals surface area contributed by atoms with E-state index in [0.717, 1.165) is 47.1 Å². The summed E-state index contributed by atoms with van der Waals surface area (Å²) < 4.78 is 27.3. The zero-order valence-electron chi connectivity index (χ0n) is 24.2. The minimum atomic E-state index is -3.92. The van der Waals surface area contributed by atoms with E-state index in [9.17, 15) is 19.3 Å². The van der Waals surface area contributed by atoms with Gasteiger partial charge in [0.15, 0.2) is 0 Å². The number of amides is 1. The summed E-state index contributed by atoms with van der Waals surface area (Å²) in [5.74, 6) is -0.749. The highest BCUT2D eigenvalue weighted by Crippen LogP contribution is 2.64. The van der Waals surface area contributed by atoms with Gasteiger partial charge >= 0.3 is 12.1 Å². The normalized spacial score (nSPS) is 27.1. The number of carbonyl (C=O) groups is 2. The van der Waals surface area contributed by atoms with Gasteiger partial charge < -0.3 is 19.7 Å². The van der Waals surface area contributed by atoms with Crippen LogP contribution >= 0.6 is 7.37 Å². The second-order valence-corrected chi connectivity index (χ2v) is 15.7. The highest BCUT2D eigenvalue weighted by molar-refractivity contribution is 7.60. The minimum absolute atomic E-state index is 0.108. The molecule has 3 aromatic carbocycles. The molecule has 224 valence electrons. The molecule has 0 radical (unpaired) electrons. The molecule has 0 heterocycles. The van der Waals surface area contributed by atoms with E-state index in [1.807, 2.05) is 54.6 Å². The predicted octanol–water partition coefficient (Wildman–Crippen LogP) is 7.44. The lowest BCUT2D eigenvalue weighted by molar-refractivity contribution is -0.134. The maximum Gasteiger partial charge on any atom is 0.407 e. The van der Waals surface area contributed by atoms with Crippen LogP contribution < -0.4 is 5.32 Å². The van der Waals surface area contributed by atoms with Gasteiger partial charge in [0.05, 0.1) is 5.60 Å². The van der Waals surface area contributed by atoms with Crippen LogP contribution in [0.1, 0.15) is 61.1 Å². The quantitative estimate of drug-likeness (QED) is 0.235. The number of carbonyl (C=O) groups excluding carboxylic acids is 1. The molecule has 2 atom stereocenters. The molecule has 8 rings (SSSR count). The number of nitrogens with one attached hydrogen (secondary N) is 1. The summed E-state index contributed by atoms with van der Waals surface area (Å²) in [7, 11) is -3.92. The second kappa shape index (κ2) is 11.3. The molecule has 0 aromatic heterocycles. The van der Waals surface area contributed by atoms with E-state index in [4.69, 9.17) is 9.26 Å². The summed E-state index contributed by atoms with van der Waals surface area (Å²) in [5.41, 5.74) is 4.70. The first-order chi connectivity index (χ1) is 20.8. The number of aliphatic carboxylic acids is 1. The largest absolute Gasteiger partial charge is 0.481 e. The molecule has 2 unspecified atom stereocenters. The van der Waals surface area contributed by atoms with E-state index < -0.39 is 37.0 Å². The molecule has 5 aliphatic carbocycles. The highest BCUT2D eigenvalue weighted by atomic mass is 31.2. The van der Waals surface area contributed by atoms with Gasteiger partial charge in [-0.2, -0.15) is 0 Å². The molecular weight excluding hydrogens is 561 g/mol. The zero-order valence-corrected chi connectivity index (χ0v) is 25.1. The molecule has 2 N–H and O–H groups in total. The fourth-order valence-electron chi connectivity index (χ4n) is 8.77. The Labute approximate surface area is 252 Å². The lowest BCUT2D eigenvalue weighted by Gasteiger charge is -2.57. The van der Waals surface area contributed by atoms with Crippen LogP contribution in [0.4, 0.5) is 4.79 Å². The molecule has 0 spiro atoms. The molecule has 5 aliphatic rings. The van der Waals surface area contributed by atoms with E-state index >= 15 is 0 Å². The van der Waals surface area contributed by atoms with Crippen molar-refractivity contribution >= 4 is 19.4 Å². The first kappa shape index (κ1) is 28.4. The zero-order chi connectivity index (χ0) is 29.6. The standard InChI is InChI=1S/C35H38NO6P/c37-33(38)22-43(40,42-35-18-24-14-25(19-35)16-26(15-24)20-35)32(17-23-8-2-1-3-9-23)36-34(39)41-21-31-29-12-6-4-10-27(29)28-11-5-7-13-30(28)31/h1-13,24-26,31-32H,14-22H2,(H,36,39)(H,37,38). The third-order valence-electron chi connectivity index (χ3n) is 10.1. The van der Waals surface area contributed by atoms with Crippen LogP contribution in [-0.4, -0.2) is 41.3 Å². The van der Waals surface area contributed by atoms with Crippen molar-refractivity contribution < 1.29 is 28.5 Å². The van der Waals surface area contributed by atoms with Gasteiger partial charge in [-0.15, -0.1) is 0 Å². The Morgan fingerprint density at radius 2 is 1.37 bits per heavy atom. The number of hydrogen-bond acceptors (Lipinski definition) is 5. The summed E-state index contributed by atoms with van der Waals surface area (Å²) in [4.78, 5) is 25.6. The van der Waals surface area contributed by atoms with Crippen molar-refractivity contribution in [2.45, 2.75) is 62.2 Å². The van der Waals surface area contributed by atoms with E-state index in [2.05, 4.69) is 29.6 Å². The summed E-state index contributed by atoms with van der Waals surface area (Å²) in [5, 5.41) is 12.8. The molecule has 4 fully saturated rings. The molecule has 0 saturated heterocycles. The van der Waals surface area contributed by atoms with Crippen molar-refractivity contribution in [2.75, 3.05) is 12.8 Å². The van der Waals surface area contributed by atoms with Crippen LogP contribution in [0.5, 0.6) is 0 Å². The first-order valence-electron chi connectivity index (χ1n) is 15.5. The van der Waals surface area contributed by atoms with Gasteiger partial charge in [-0.25, -0.2) is 4.79 Å². The lowest BCUT2D eigenvalue weighted by Crippen LogP contribution is -2.52. The van der Waals surface area contributed by atoms with Crippen LogP contribution in [0.25, 0.3) is 11.1 Å². The van der Waals surface area contributed by atoms with Gasteiger partial charge in [-0.3, -0.25) is 9.36 Å². The molecule has 7 nitrogen and oxygen atoms in total. The number of carboxylic acids is 1. The summed E-state index contributed by atoms with van der Waals surface area (Å²) >= 11 is 0. The molecule has 1 amide bonds. The van der Waals surface area contributed by atoms with Gasteiger partial charge in [0.25, 0.3) is 0 Å². The Hall–Kier alpha value is -3.41. The van der Waals surface area contributed by atoms with Crippen molar-refractivity contribution in [1.82, 2.24) is 5.32 Å². The Balaban J connectivity index is 1.14. The van der Waals surface area contributed by atoms with E-state index in [0.29, 0.717) is 17.8 Å². The third kappa shape index (κ3) is 5.65. The van der Waals surface area contributed by atoms with Gasteiger partial charge in [0, 0.05) is 12.3 Å². The minimum Gasteiger partial charge on any atom is -0.481 e. The van der Waals surface area contributed by atoms with E-state index in [-0.39, 0.29) is 18.9 Å². The third-order valence-corrected chi connectivity index (χ3v) is 12.7. The fourth-order valence-corrected chi connectivity index (χ4v) is 11.2. The number of benzene rings is 3. The van der Waals surface area contributed by atoms with Gasteiger partial charge in [-0.05, 0) is 84.1 Å². The van der Waals surface area contributed by atoms with Gasteiger partial charge in [0.2, 0.25) is 7.37 Å². The second-order valence-electron chi connectivity index (χ2n) is 13.1. The fraction of sp³-hybridized carbons (Fsp3) is 0.429.